The van der Waals surface area contributed by atoms with Crippen molar-refractivity contribution < 1.29 is 26.4 Å². The minimum absolute atomic E-state index is 0.108. The van der Waals surface area contributed by atoms with Gasteiger partial charge in [0.25, 0.3) is 0 Å². The van der Waals surface area contributed by atoms with E-state index in [0.29, 0.717) is 10.4 Å². The molecule has 0 saturated carbocycles. The summed E-state index contributed by atoms with van der Waals surface area (Å²) in [5.41, 5.74) is -1.70. The largest absolute Gasteiger partial charge is 0.418 e. The number of anilines is 1. The van der Waals surface area contributed by atoms with E-state index in [9.17, 15) is 26.4 Å². The van der Waals surface area contributed by atoms with E-state index < -0.39 is 39.9 Å². The van der Waals surface area contributed by atoms with Crippen LogP contribution in [0.25, 0.3) is 0 Å². The molecule has 0 aliphatic rings. The molecule has 1 amide bonds. The van der Waals surface area contributed by atoms with Crippen molar-refractivity contribution in [3.8, 4) is 0 Å². The second kappa shape index (κ2) is 8.46. The third-order valence-electron chi connectivity index (χ3n) is 3.51. The average molecular weight is 476 g/mol. The first-order chi connectivity index (χ1) is 12.8. The molecule has 1 N–H and O–H groups in total. The lowest BCUT2D eigenvalue weighted by atomic mass is 10.1. The van der Waals surface area contributed by atoms with E-state index in [4.69, 9.17) is 34.8 Å². The number of carbonyl (C=O) groups excluding carboxylic acids is 1. The molecule has 0 aliphatic heterocycles. The quantitative estimate of drug-likeness (QED) is 0.667. The Morgan fingerprint density at radius 1 is 1.07 bits per heavy atom. The Kier molecular flexibility index (Phi) is 6.88. The number of alkyl halides is 3. The smallest absolute Gasteiger partial charge is 0.324 e. The second-order valence-corrected chi connectivity index (χ2v) is 8.87. The summed E-state index contributed by atoms with van der Waals surface area (Å²) in [4.78, 5) is 11.8. The molecule has 2 aromatic carbocycles. The van der Waals surface area contributed by atoms with Gasteiger partial charge in [-0.25, -0.2) is 8.42 Å². The van der Waals surface area contributed by atoms with E-state index in [2.05, 4.69) is 0 Å². The zero-order valence-electron chi connectivity index (χ0n) is 14.0. The van der Waals surface area contributed by atoms with Crippen LogP contribution in [0.15, 0.2) is 41.3 Å². The highest BCUT2D eigenvalue weighted by Gasteiger charge is 2.34. The maximum Gasteiger partial charge on any atom is 0.418 e. The predicted octanol–water partition coefficient (Wildman–Crippen LogP) is 4.92. The van der Waals surface area contributed by atoms with Gasteiger partial charge in [0.1, 0.15) is 4.90 Å². The Bertz CT molecular complexity index is 1010. The molecule has 28 heavy (non-hydrogen) atoms. The van der Waals surface area contributed by atoms with Crippen LogP contribution in [-0.4, -0.2) is 32.2 Å². The number of nitrogens with zero attached hydrogens (tertiary/aromatic N) is 1. The average Bonchev–Trinajstić information content (AvgIpc) is 2.57. The van der Waals surface area contributed by atoms with Gasteiger partial charge in [-0.05, 0) is 36.4 Å². The number of sulfonamides is 1. The molecular formula is C16H12Cl3F3N2O3S. The molecule has 12 heteroatoms. The summed E-state index contributed by atoms with van der Waals surface area (Å²) in [5, 5.41) is 1.87. The molecule has 0 fully saturated rings. The zero-order valence-corrected chi connectivity index (χ0v) is 17.1. The molecule has 2 aromatic rings. The summed E-state index contributed by atoms with van der Waals surface area (Å²) >= 11 is 17.2. The van der Waals surface area contributed by atoms with Crippen LogP contribution in [0.5, 0.6) is 0 Å². The third-order valence-corrected chi connectivity index (χ3v) is 6.26. The van der Waals surface area contributed by atoms with E-state index in [1.54, 1.807) is 0 Å². The highest BCUT2D eigenvalue weighted by atomic mass is 35.5. The molecule has 0 unspecified atom stereocenters. The van der Waals surface area contributed by atoms with Crippen molar-refractivity contribution in [1.82, 2.24) is 4.31 Å². The number of halogens is 6. The highest BCUT2D eigenvalue weighted by Crippen LogP contribution is 2.36. The lowest BCUT2D eigenvalue weighted by Crippen LogP contribution is -2.35. The van der Waals surface area contributed by atoms with Crippen LogP contribution in [0.4, 0.5) is 18.9 Å². The predicted molar refractivity (Wildman–Crippen MR) is 101 cm³/mol. The van der Waals surface area contributed by atoms with Crippen molar-refractivity contribution in [3.05, 3.63) is 57.0 Å². The van der Waals surface area contributed by atoms with E-state index in [1.165, 1.54) is 18.2 Å². The van der Waals surface area contributed by atoms with Gasteiger partial charge in [-0.15, -0.1) is 0 Å². The summed E-state index contributed by atoms with van der Waals surface area (Å²) in [7, 11) is -3.13. The molecule has 0 atom stereocenters. The van der Waals surface area contributed by atoms with E-state index in [1.807, 2.05) is 5.32 Å². The van der Waals surface area contributed by atoms with E-state index in [0.717, 1.165) is 19.2 Å². The summed E-state index contributed by atoms with van der Waals surface area (Å²) in [6, 6.07) is 6.56. The molecule has 0 aliphatic carbocycles. The normalized spacial score (nSPS) is 12.3. The second-order valence-electron chi connectivity index (χ2n) is 5.57. The van der Waals surface area contributed by atoms with Crippen molar-refractivity contribution in [2.24, 2.45) is 0 Å². The number of benzene rings is 2. The Hall–Kier alpha value is -1.52. The molecule has 0 spiro atoms. The standard InChI is InChI=1S/C16H12Cl3F3N2O3S/c1-24(28(26,27)14-7-10(18)2-4-12(14)19)8-15(25)23-13-5-3-9(17)6-11(13)16(20,21)22/h2-7H,8H2,1H3,(H,23,25). The van der Waals surface area contributed by atoms with Crippen LogP contribution in [0.3, 0.4) is 0 Å². The van der Waals surface area contributed by atoms with Crippen LogP contribution in [0, 0.1) is 0 Å². The van der Waals surface area contributed by atoms with Crippen LogP contribution < -0.4 is 5.32 Å². The van der Waals surface area contributed by atoms with Gasteiger partial charge < -0.3 is 5.32 Å². The van der Waals surface area contributed by atoms with Crippen LogP contribution >= 0.6 is 34.8 Å². The van der Waals surface area contributed by atoms with Gasteiger partial charge in [-0.3, -0.25) is 4.79 Å². The molecule has 5 nitrogen and oxygen atoms in total. The summed E-state index contributed by atoms with van der Waals surface area (Å²) < 4.78 is 65.1. The monoisotopic (exact) mass is 474 g/mol. The van der Waals surface area contributed by atoms with Crippen molar-refractivity contribution in [1.29, 1.82) is 0 Å². The van der Waals surface area contributed by atoms with Gasteiger partial charge in [0.15, 0.2) is 0 Å². The maximum absolute atomic E-state index is 13.1. The molecule has 0 heterocycles. The molecule has 0 bridgehead atoms. The molecule has 0 radical (unpaired) electrons. The fraction of sp³-hybridized carbons (Fsp3) is 0.188. The number of carbonyl (C=O) groups is 1. The minimum atomic E-state index is -4.76. The number of likely N-dealkylation sites (N-methyl/N-ethyl adjacent to an activating group) is 1. The van der Waals surface area contributed by atoms with Gasteiger partial charge in [-0.1, -0.05) is 34.8 Å². The zero-order chi connectivity index (χ0) is 21.3. The van der Waals surface area contributed by atoms with E-state index >= 15 is 0 Å². The summed E-state index contributed by atoms with van der Waals surface area (Å²) in [5.74, 6) is -0.989. The lowest BCUT2D eigenvalue weighted by molar-refractivity contribution is -0.137. The highest BCUT2D eigenvalue weighted by molar-refractivity contribution is 7.89. The molecular weight excluding hydrogens is 464 g/mol. The van der Waals surface area contributed by atoms with Crippen molar-refractivity contribution >= 4 is 56.4 Å². The van der Waals surface area contributed by atoms with Gasteiger partial charge in [0.2, 0.25) is 15.9 Å². The Balaban J connectivity index is 2.23. The van der Waals surface area contributed by atoms with Gasteiger partial charge in [0.05, 0.1) is 22.8 Å². The summed E-state index contributed by atoms with van der Waals surface area (Å²) in [6.45, 7) is -0.759. The van der Waals surface area contributed by atoms with Gasteiger partial charge in [-0.2, -0.15) is 17.5 Å². The fourth-order valence-electron chi connectivity index (χ4n) is 2.18. The molecule has 0 saturated heterocycles. The summed E-state index contributed by atoms with van der Waals surface area (Å²) in [6.07, 6.45) is -4.76. The first kappa shape index (κ1) is 22.8. The molecule has 0 aromatic heterocycles. The van der Waals surface area contributed by atoms with Crippen LogP contribution in [-0.2, 0) is 21.0 Å². The van der Waals surface area contributed by atoms with Crippen molar-refractivity contribution in [2.45, 2.75) is 11.1 Å². The first-order valence-corrected chi connectivity index (χ1v) is 9.98. The number of nitrogens with one attached hydrogen (secondary N) is 1. The van der Waals surface area contributed by atoms with Gasteiger partial charge >= 0.3 is 6.18 Å². The van der Waals surface area contributed by atoms with Gasteiger partial charge in [0, 0.05) is 17.1 Å². The number of hydrogen-bond donors (Lipinski definition) is 1. The topological polar surface area (TPSA) is 66.5 Å². The third kappa shape index (κ3) is 5.30. The SMILES string of the molecule is CN(CC(=O)Nc1ccc(Cl)cc1C(F)(F)F)S(=O)(=O)c1cc(Cl)ccc1Cl. The number of amides is 1. The Morgan fingerprint density at radius 2 is 1.64 bits per heavy atom. The number of hydrogen-bond acceptors (Lipinski definition) is 3. The molecule has 2 rings (SSSR count). The Labute approximate surface area is 174 Å². The number of rotatable bonds is 5. The lowest BCUT2D eigenvalue weighted by Gasteiger charge is -2.19. The van der Waals surface area contributed by atoms with E-state index in [-0.39, 0.29) is 20.0 Å². The van der Waals surface area contributed by atoms with Crippen LogP contribution in [0.1, 0.15) is 5.56 Å². The maximum atomic E-state index is 13.1. The molecule has 152 valence electrons. The fourth-order valence-corrected chi connectivity index (χ4v) is 4.21. The van der Waals surface area contributed by atoms with Crippen molar-refractivity contribution in [2.75, 3.05) is 18.9 Å². The van der Waals surface area contributed by atoms with Crippen LogP contribution in [0.2, 0.25) is 15.1 Å². The first-order valence-electron chi connectivity index (χ1n) is 7.40. The minimum Gasteiger partial charge on any atom is -0.324 e. The van der Waals surface area contributed by atoms with Crippen molar-refractivity contribution in [3.63, 3.8) is 0 Å². The Morgan fingerprint density at radius 3 is 2.25 bits per heavy atom.